The van der Waals surface area contributed by atoms with Gasteiger partial charge in [-0.3, -0.25) is 9.78 Å². The number of rotatable bonds is 4. The summed E-state index contributed by atoms with van der Waals surface area (Å²) in [5, 5.41) is 8.69. The predicted octanol–water partition coefficient (Wildman–Crippen LogP) is 0.907. The van der Waals surface area contributed by atoms with E-state index in [1.54, 1.807) is 12.4 Å². The van der Waals surface area contributed by atoms with Crippen LogP contribution in [0.1, 0.15) is 23.5 Å². The Hall–Kier alpha value is -1.42. The summed E-state index contributed by atoms with van der Waals surface area (Å²) in [6.07, 6.45) is 3.44. The lowest BCUT2D eigenvalue weighted by Crippen LogP contribution is -2.17. The van der Waals surface area contributed by atoms with Crippen LogP contribution in [-0.4, -0.2) is 22.6 Å². The first-order chi connectivity index (χ1) is 6.65. The summed E-state index contributed by atoms with van der Waals surface area (Å²) in [4.78, 5) is 14.6. The van der Waals surface area contributed by atoms with Crippen molar-refractivity contribution < 1.29 is 9.90 Å². The van der Waals surface area contributed by atoms with Gasteiger partial charge in [0.1, 0.15) is 0 Å². The SMILES string of the molecule is Cc1ccncc1C(CN)CC(=O)O. The molecule has 1 atom stereocenters. The van der Waals surface area contributed by atoms with E-state index in [-0.39, 0.29) is 12.3 Å². The summed E-state index contributed by atoms with van der Waals surface area (Å²) in [6.45, 7) is 2.26. The van der Waals surface area contributed by atoms with Crippen molar-refractivity contribution >= 4 is 5.97 Å². The molecule has 14 heavy (non-hydrogen) atoms. The van der Waals surface area contributed by atoms with Gasteiger partial charge in [-0.1, -0.05) is 0 Å². The third-order valence-electron chi connectivity index (χ3n) is 2.22. The van der Waals surface area contributed by atoms with Gasteiger partial charge in [0, 0.05) is 18.3 Å². The number of carbonyl (C=O) groups is 1. The first-order valence-corrected chi connectivity index (χ1v) is 4.47. The average Bonchev–Trinajstić information content (AvgIpc) is 2.15. The molecule has 0 radical (unpaired) electrons. The van der Waals surface area contributed by atoms with Crippen molar-refractivity contribution in [3.05, 3.63) is 29.6 Å². The molecular formula is C10H14N2O2. The molecule has 1 unspecified atom stereocenters. The summed E-state index contributed by atoms with van der Waals surface area (Å²) in [6, 6.07) is 1.86. The lowest BCUT2D eigenvalue weighted by atomic mass is 9.94. The minimum Gasteiger partial charge on any atom is -0.481 e. The number of aryl methyl sites for hydroxylation is 1. The van der Waals surface area contributed by atoms with Crippen LogP contribution >= 0.6 is 0 Å². The fraction of sp³-hybridized carbons (Fsp3) is 0.400. The third-order valence-corrected chi connectivity index (χ3v) is 2.22. The Morgan fingerprint density at radius 3 is 2.93 bits per heavy atom. The molecule has 4 heteroatoms. The zero-order valence-electron chi connectivity index (χ0n) is 8.10. The first-order valence-electron chi connectivity index (χ1n) is 4.47. The van der Waals surface area contributed by atoms with Gasteiger partial charge in [-0.2, -0.15) is 0 Å². The highest BCUT2D eigenvalue weighted by molar-refractivity contribution is 5.68. The molecule has 76 valence electrons. The summed E-state index contributed by atoms with van der Waals surface area (Å²) in [5.41, 5.74) is 7.50. The molecule has 0 aliphatic carbocycles. The van der Waals surface area contributed by atoms with E-state index in [0.29, 0.717) is 6.54 Å². The quantitative estimate of drug-likeness (QED) is 0.746. The maximum absolute atomic E-state index is 10.6. The third kappa shape index (κ3) is 2.53. The standard InChI is InChI=1S/C10H14N2O2/c1-7-2-3-12-6-9(7)8(5-11)4-10(13)14/h2-3,6,8H,4-5,11H2,1H3,(H,13,14). The molecule has 0 aliphatic rings. The maximum atomic E-state index is 10.6. The molecule has 0 aromatic carbocycles. The Morgan fingerprint density at radius 1 is 1.71 bits per heavy atom. The number of nitrogens with zero attached hydrogens (tertiary/aromatic N) is 1. The van der Waals surface area contributed by atoms with Crippen LogP contribution in [0.3, 0.4) is 0 Å². The van der Waals surface area contributed by atoms with Crippen LogP contribution in [-0.2, 0) is 4.79 Å². The van der Waals surface area contributed by atoms with Gasteiger partial charge in [-0.25, -0.2) is 0 Å². The van der Waals surface area contributed by atoms with Crippen molar-refractivity contribution in [2.24, 2.45) is 5.73 Å². The smallest absolute Gasteiger partial charge is 0.304 e. The number of hydrogen-bond donors (Lipinski definition) is 2. The number of aromatic nitrogens is 1. The van der Waals surface area contributed by atoms with E-state index >= 15 is 0 Å². The summed E-state index contributed by atoms with van der Waals surface area (Å²) in [5.74, 6) is -0.968. The van der Waals surface area contributed by atoms with Gasteiger partial charge in [0.15, 0.2) is 0 Å². The molecule has 0 saturated carbocycles. The van der Waals surface area contributed by atoms with E-state index in [4.69, 9.17) is 10.8 Å². The molecule has 1 heterocycles. The molecule has 3 N–H and O–H groups in total. The van der Waals surface area contributed by atoms with Crippen LogP contribution < -0.4 is 5.73 Å². The molecule has 0 spiro atoms. The Labute approximate surface area is 82.8 Å². The van der Waals surface area contributed by atoms with Crippen molar-refractivity contribution in [1.29, 1.82) is 0 Å². The van der Waals surface area contributed by atoms with Gasteiger partial charge in [-0.05, 0) is 30.7 Å². The molecule has 1 aromatic heterocycles. The van der Waals surface area contributed by atoms with Crippen LogP contribution in [0.4, 0.5) is 0 Å². The summed E-state index contributed by atoms with van der Waals surface area (Å²) in [7, 11) is 0. The van der Waals surface area contributed by atoms with Gasteiger partial charge in [0.2, 0.25) is 0 Å². The first kappa shape index (κ1) is 10.7. The van der Waals surface area contributed by atoms with Crippen LogP contribution in [0.15, 0.2) is 18.5 Å². The minimum atomic E-state index is -0.830. The highest BCUT2D eigenvalue weighted by Gasteiger charge is 2.15. The topological polar surface area (TPSA) is 76.2 Å². The lowest BCUT2D eigenvalue weighted by molar-refractivity contribution is -0.137. The average molecular weight is 194 g/mol. The van der Waals surface area contributed by atoms with Gasteiger partial charge < -0.3 is 10.8 Å². The monoisotopic (exact) mass is 194 g/mol. The normalized spacial score (nSPS) is 12.4. The Balaban J connectivity index is 2.89. The number of nitrogens with two attached hydrogens (primary N) is 1. The predicted molar refractivity (Wildman–Crippen MR) is 53.0 cm³/mol. The molecule has 1 aromatic rings. The molecular weight excluding hydrogens is 180 g/mol. The number of carboxylic acid groups (broad SMARTS) is 1. The lowest BCUT2D eigenvalue weighted by Gasteiger charge is -2.14. The van der Waals surface area contributed by atoms with Crippen LogP contribution in [0, 0.1) is 6.92 Å². The van der Waals surface area contributed by atoms with Crippen LogP contribution in [0.25, 0.3) is 0 Å². The zero-order chi connectivity index (χ0) is 10.6. The molecule has 4 nitrogen and oxygen atoms in total. The van der Waals surface area contributed by atoms with E-state index < -0.39 is 5.97 Å². The number of carboxylic acids is 1. The van der Waals surface area contributed by atoms with Crippen molar-refractivity contribution in [3.63, 3.8) is 0 Å². The zero-order valence-corrected chi connectivity index (χ0v) is 8.10. The second-order valence-corrected chi connectivity index (χ2v) is 3.26. The van der Waals surface area contributed by atoms with Crippen molar-refractivity contribution in [1.82, 2.24) is 4.98 Å². The van der Waals surface area contributed by atoms with Gasteiger partial charge in [0.05, 0.1) is 6.42 Å². The summed E-state index contributed by atoms with van der Waals surface area (Å²) < 4.78 is 0. The Morgan fingerprint density at radius 2 is 2.43 bits per heavy atom. The summed E-state index contributed by atoms with van der Waals surface area (Å²) >= 11 is 0. The number of aliphatic carboxylic acids is 1. The van der Waals surface area contributed by atoms with E-state index in [9.17, 15) is 4.79 Å². The van der Waals surface area contributed by atoms with E-state index in [2.05, 4.69) is 4.98 Å². The second-order valence-electron chi connectivity index (χ2n) is 3.26. The fourth-order valence-electron chi connectivity index (χ4n) is 1.43. The second kappa shape index (κ2) is 4.72. The van der Waals surface area contributed by atoms with Crippen molar-refractivity contribution in [2.45, 2.75) is 19.3 Å². The molecule has 1 rings (SSSR count). The van der Waals surface area contributed by atoms with Gasteiger partial charge in [0.25, 0.3) is 0 Å². The van der Waals surface area contributed by atoms with Gasteiger partial charge >= 0.3 is 5.97 Å². The fourth-order valence-corrected chi connectivity index (χ4v) is 1.43. The van der Waals surface area contributed by atoms with Gasteiger partial charge in [-0.15, -0.1) is 0 Å². The molecule has 0 saturated heterocycles. The minimum absolute atomic E-state index is 0.0586. The Bertz CT molecular complexity index is 326. The van der Waals surface area contributed by atoms with Crippen molar-refractivity contribution in [3.8, 4) is 0 Å². The molecule has 0 bridgehead atoms. The maximum Gasteiger partial charge on any atom is 0.304 e. The molecule has 0 aliphatic heterocycles. The highest BCUT2D eigenvalue weighted by atomic mass is 16.4. The van der Waals surface area contributed by atoms with E-state index in [1.807, 2.05) is 13.0 Å². The largest absolute Gasteiger partial charge is 0.481 e. The van der Waals surface area contributed by atoms with Crippen LogP contribution in [0.5, 0.6) is 0 Å². The number of hydrogen-bond acceptors (Lipinski definition) is 3. The van der Waals surface area contributed by atoms with Crippen molar-refractivity contribution in [2.75, 3.05) is 6.54 Å². The highest BCUT2D eigenvalue weighted by Crippen LogP contribution is 2.20. The Kier molecular flexibility index (Phi) is 3.59. The van der Waals surface area contributed by atoms with E-state index in [0.717, 1.165) is 11.1 Å². The molecule has 0 amide bonds. The van der Waals surface area contributed by atoms with Crippen LogP contribution in [0.2, 0.25) is 0 Å². The number of pyridine rings is 1. The van der Waals surface area contributed by atoms with E-state index in [1.165, 1.54) is 0 Å². The molecule has 0 fully saturated rings.